The van der Waals surface area contributed by atoms with Crippen LogP contribution >= 0.6 is 0 Å². The monoisotopic (exact) mass is 1070 g/mol. The molecule has 8 aromatic rings. The molecule has 0 bridgehead atoms. The molecule has 0 aromatic heterocycles. The predicted octanol–water partition coefficient (Wildman–Crippen LogP) is 24.2. The molecule has 0 unspecified atom stereocenters. The average molecular weight is 1070 g/mol. The summed E-state index contributed by atoms with van der Waals surface area (Å²) in [4.78, 5) is 0. The Morgan fingerprint density at radius 1 is 0.150 bits per heavy atom. The molecular weight excluding hydrogens is 961 g/mol. The number of hydrogen-bond donors (Lipinski definition) is 0. The Balaban J connectivity index is 1.88. The minimum Gasteiger partial charge on any atom is -0.0561 e. The third-order valence-corrected chi connectivity index (χ3v) is 17.7. The maximum Gasteiger partial charge on any atom is -0.00132 e. The van der Waals surface area contributed by atoms with Crippen molar-refractivity contribution in [1.82, 2.24) is 0 Å². The van der Waals surface area contributed by atoms with Crippen molar-refractivity contribution in [3.05, 3.63) is 153 Å². The van der Waals surface area contributed by atoms with E-state index in [1.807, 2.05) is 0 Å². The van der Waals surface area contributed by atoms with Gasteiger partial charge >= 0.3 is 0 Å². The first kappa shape index (κ1) is 60.9. The van der Waals surface area contributed by atoms with Gasteiger partial charge in [0, 0.05) is 0 Å². The molecule has 0 fully saturated rings. The Bertz CT molecular complexity index is 3090. The summed E-state index contributed by atoms with van der Waals surface area (Å²) in [6.07, 6.45) is 0. The standard InChI is InChI=1S/C80H106/c1-71(2,3)51-31-47(32-52(39-51)72(4,5)6)65-61-43-59(79(25,26)27)45-63-67(49-35-55(75(13,14)15)41-56(36-49)76(16,17)18)68(50-37-57(77(19,20)21)42-58(38-50)78(22,23)24)64-46-60(80(28,29)30)44-62(70(64)69(61)63)66(65)48-33-53(73(7,8)9)40-54(34-48)74(10,11)12/h31-46H,1-30H3. The molecule has 8 rings (SSSR count). The SMILES string of the molecule is CC(C)(C)c1cc(-c2c(-c3cc(C(C)(C)C)cc(C(C)(C)C)c3)c3cc(C(C)(C)C)cc4c(-c5cc(C(C)(C)C)cc(C(C)(C)C)c5)c(-c5cc(C(C)(C)C)cc(C(C)(C)C)c5)c5cc(C(C)(C)C)cc2c5c34)cc(C(C)(C)C)c1. The van der Waals surface area contributed by atoms with Gasteiger partial charge < -0.3 is 0 Å². The first-order valence-corrected chi connectivity index (χ1v) is 30.5. The third kappa shape index (κ3) is 11.7. The van der Waals surface area contributed by atoms with E-state index in [4.69, 9.17) is 0 Å². The minimum atomic E-state index is -0.177. The van der Waals surface area contributed by atoms with Crippen molar-refractivity contribution in [2.45, 2.75) is 262 Å². The summed E-state index contributed by atoms with van der Waals surface area (Å²) in [6.45, 7) is 72.1. The number of rotatable bonds is 4. The van der Waals surface area contributed by atoms with E-state index in [-0.39, 0.29) is 54.1 Å². The normalized spacial score (nSPS) is 14.1. The Morgan fingerprint density at radius 2 is 0.263 bits per heavy atom. The molecule has 0 heterocycles. The first-order chi connectivity index (χ1) is 36.0. The van der Waals surface area contributed by atoms with Gasteiger partial charge in [-0.25, -0.2) is 0 Å². The summed E-state index contributed by atoms with van der Waals surface area (Å²) in [6, 6.07) is 41.3. The van der Waals surface area contributed by atoms with Crippen molar-refractivity contribution in [2.24, 2.45) is 0 Å². The van der Waals surface area contributed by atoms with E-state index in [0.29, 0.717) is 0 Å². The van der Waals surface area contributed by atoms with Gasteiger partial charge in [-0.1, -0.05) is 281 Å². The molecule has 0 saturated heterocycles. The van der Waals surface area contributed by atoms with Gasteiger partial charge in [0.25, 0.3) is 0 Å². The highest BCUT2D eigenvalue weighted by atomic mass is 14.4. The van der Waals surface area contributed by atoms with Gasteiger partial charge in [-0.3, -0.25) is 0 Å². The van der Waals surface area contributed by atoms with E-state index < -0.39 is 0 Å². The lowest BCUT2D eigenvalue weighted by Crippen LogP contribution is -2.18. The van der Waals surface area contributed by atoms with Gasteiger partial charge in [0.1, 0.15) is 0 Å². The average Bonchev–Trinajstić information content (AvgIpc) is 3.28. The fourth-order valence-corrected chi connectivity index (χ4v) is 11.8. The topological polar surface area (TPSA) is 0 Å². The van der Waals surface area contributed by atoms with Crippen molar-refractivity contribution in [1.29, 1.82) is 0 Å². The second-order valence-electron chi connectivity index (χ2n) is 35.1. The highest BCUT2D eigenvalue weighted by molar-refractivity contribution is 6.36. The van der Waals surface area contributed by atoms with E-state index in [9.17, 15) is 0 Å². The Morgan fingerprint density at radius 3 is 0.375 bits per heavy atom. The van der Waals surface area contributed by atoms with E-state index in [2.05, 4.69) is 305 Å². The quantitative estimate of drug-likeness (QED) is 0.154. The Hall–Kier alpha value is -5.20. The van der Waals surface area contributed by atoms with Crippen LogP contribution in [0.1, 0.15) is 263 Å². The van der Waals surface area contributed by atoms with Crippen LogP contribution in [0, 0.1) is 0 Å². The largest absolute Gasteiger partial charge is 0.0561 e. The van der Waals surface area contributed by atoms with Crippen molar-refractivity contribution in [3.8, 4) is 44.5 Å². The third-order valence-electron chi connectivity index (χ3n) is 17.7. The summed E-state index contributed by atoms with van der Waals surface area (Å²) in [7, 11) is 0. The minimum absolute atomic E-state index is 0.0880. The van der Waals surface area contributed by atoms with Crippen molar-refractivity contribution < 1.29 is 0 Å². The molecule has 0 N–H and O–H groups in total. The fourth-order valence-electron chi connectivity index (χ4n) is 11.8. The van der Waals surface area contributed by atoms with Crippen LogP contribution in [-0.4, -0.2) is 0 Å². The molecule has 0 aliphatic rings. The molecule has 0 aliphatic heterocycles. The van der Waals surface area contributed by atoms with Crippen LogP contribution < -0.4 is 0 Å². The van der Waals surface area contributed by atoms with Crippen LogP contribution in [0.15, 0.2) is 97.1 Å². The highest BCUT2D eigenvalue weighted by Crippen LogP contribution is 2.57. The molecule has 0 nitrogen and oxygen atoms in total. The summed E-state index contributed by atoms with van der Waals surface area (Å²) in [5, 5.41) is 8.07. The van der Waals surface area contributed by atoms with Crippen molar-refractivity contribution in [2.75, 3.05) is 0 Å². The van der Waals surface area contributed by atoms with Crippen LogP contribution in [0.4, 0.5) is 0 Å². The Labute approximate surface area is 488 Å². The molecule has 0 amide bonds. The summed E-state index contributed by atoms with van der Waals surface area (Å²) >= 11 is 0. The van der Waals surface area contributed by atoms with Crippen molar-refractivity contribution in [3.63, 3.8) is 0 Å². The predicted molar refractivity (Wildman–Crippen MR) is 359 cm³/mol. The van der Waals surface area contributed by atoms with Gasteiger partial charge in [0.15, 0.2) is 0 Å². The Kier molecular flexibility index (Phi) is 14.6. The van der Waals surface area contributed by atoms with Crippen LogP contribution in [0.3, 0.4) is 0 Å². The molecule has 426 valence electrons. The zero-order chi connectivity index (χ0) is 60.2. The smallest absolute Gasteiger partial charge is 0.00132 e. The molecule has 0 saturated carbocycles. The van der Waals surface area contributed by atoms with Crippen LogP contribution in [-0.2, 0) is 54.1 Å². The van der Waals surface area contributed by atoms with Gasteiger partial charge in [0.05, 0.1) is 0 Å². The second kappa shape index (κ2) is 19.2. The molecule has 0 atom stereocenters. The van der Waals surface area contributed by atoms with Crippen molar-refractivity contribution >= 4 is 32.3 Å². The number of benzene rings is 8. The molecule has 0 spiro atoms. The van der Waals surface area contributed by atoms with E-state index in [1.165, 1.54) is 132 Å². The lowest BCUT2D eigenvalue weighted by molar-refractivity contribution is 0.568. The van der Waals surface area contributed by atoms with Gasteiger partial charge in [0.2, 0.25) is 0 Å². The van der Waals surface area contributed by atoms with Gasteiger partial charge in [-0.15, -0.1) is 0 Å². The molecule has 8 aromatic carbocycles. The zero-order valence-electron chi connectivity index (χ0n) is 56.2. The van der Waals surface area contributed by atoms with E-state index in [0.717, 1.165) is 0 Å². The van der Waals surface area contributed by atoms with E-state index in [1.54, 1.807) is 0 Å². The summed E-state index contributed by atoms with van der Waals surface area (Å²) in [5.41, 5.74) is 23.1. The molecule has 0 aliphatic carbocycles. The molecule has 0 heteroatoms. The van der Waals surface area contributed by atoms with Crippen LogP contribution in [0.25, 0.3) is 76.8 Å². The zero-order valence-corrected chi connectivity index (χ0v) is 56.2. The molecule has 80 heavy (non-hydrogen) atoms. The van der Waals surface area contributed by atoms with Gasteiger partial charge in [-0.2, -0.15) is 0 Å². The lowest BCUT2D eigenvalue weighted by atomic mass is 9.71. The maximum atomic E-state index is 2.64. The summed E-state index contributed by atoms with van der Waals surface area (Å²) < 4.78 is 0. The first-order valence-electron chi connectivity index (χ1n) is 30.5. The molecular formula is C80H106. The van der Waals surface area contributed by atoms with Gasteiger partial charge in [-0.05, 0) is 211 Å². The lowest BCUT2D eigenvalue weighted by Gasteiger charge is -2.33. The number of hydrogen-bond acceptors (Lipinski definition) is 0. The maximum absolute atomic E-state index is 2.64. The summed E-state index contributed by atoms with van der Waals surface area (Å²) in [5.74, 6) is 0. The second-order valence-corrected chi connectivity index (χ2v) is 35.1. The highest BCUT2D eigenvalue weighted by Gasteiger charge is 2.34. The van der Waals surface area contributed by atoms with E-state index >= 15 is 0 Å². The van der Waals surface area contributed by atoms with Crippen LogP contribution in [0.2, 0.25) is 0 Å². The molecule has 0 radical (unpaired) electrons. The fraction of sp³-hybridized carbons (Fsp3) is 0.500. The van der Waals surface area contributed by atoms with Crippen LogP contribution in [0.5, 0.6) is 0 Å².